The van der Waals surface area contributed by atoms with Crippen LogP contribution in [-0.2, 0) is 27.9 Å². The lowest BCUT2D eigenvalue weighted by atomic mass is 10.1. The Balaban J connectivity index is 5.50. The van der Waals surface area contributed by atoms with Crippen LogP contribution in [0.2, 0.25) is 0 Å². The van der Waals surface area contributed by atoms with Gasteiger partial charge in [0.05, 0.1) is 33.8 Å². The highest BCUT2D eigenvalue weighted by atomic mass is 31.2. The molecule has 0 aromatic heterocycles. The maximum atomic E-state index is 13.5. The van der Waals surface area contributed by atoms with E-state index in [0.717, 1.165) is 96.3 Å². The number of rotatable bonds is 52. The van der Waals surface area contributed by atoms with Crippen molar-refractivity contribution in [2.24, 2.45) is 0 Å². The molecule has 0 aromatic rings. The number of phosphoric acid groups is 1. The number of hydrogen-bond donors (Lipinski definition) is 1. The summed E-state index contributed by atoms with van der Waals surface area (Å²) in [4.78, 5) is 39.9. The van der Waals surface area contributed by atoms with Crippen LogP contribution in [0.1, 0.15) is 220 Å². The summed E-state index contributed by atoms with van der Waals surface area (Å²) in [5.41, 5.74) is 0. The molecule has 0 saturated carbocycles. The topological polar surface area (TPSA) is 114 Å². The van der Waals surface area contributed by atoms with E-state index in [1.165, 1.54) is 77.0 Å². The average Bonchev–Trinajstić information content (AvgIpc) is 3.38. The predicted octanol–water partition coefficient (Wildman–Crippen LogP) is 17.9. The van der Waals surface area contributed by atoms with Crippen molar-refractivity contribution in [2.75, 3.05) is 40.9 Å². The van der Waals surface area contributed by atoms with Gasteiger partial charge in [-0.1, -0.05) is 225 Å². The Kier molecular flexibility index (Phi) is 51.7. The number of nitrogens with zero attached hydrogens (tertiary/aromatic N) is 1. The molecule has 0 fully saturated rings. The summed E-state index contributed by atoms with van der Waals surface area (Å²) in [5.74, 6) is -0.686. The highest BCUT2D eigenvalue weighted by molar-refractivity contribution is 7.45. The molecular weight excluding hydrogens is 964 g/mol. The smallest absolute Gasteiger partial charge is 0.306 e. The van der Waals surface area contributed by atoms with E-state index in [1.807, 2.05) is 39.4 Å². The fraction of sp³-hybridized carbons (Fsp3) is 0.636. The molecule has 1 N–H and O–H groups in total. The molecule has 3 atom stereocenters. The van der Waals surface area contributed by atoms with Gasteiger partial charge >= 0.3 is 5.97 Å². The molecule has 0 rings (SSSR count). The van der Waals surface area contributed by atoms with Crippen molar-refractivity contribution in [1.82, 2.24) is 5.32 Å². The van der Waals surface area contributed by atoms with Crippen LogP contribution in [0.15, 0.2) is 134 Å². The van der Waals surface area contributed by atoms with Crippen molar-refractivity contribution >= 4 is 19.7 Å². The third kappa shape index (κ3) is 54.9. The fourth-order valence-corrected chi connectivity index (χ4v) is 8.43. The molecule has 0 aliphatic heterocycles. The van der Waals surface area contributed by atoms with E-state index in [9.17, 15) is 19.0 Å². The molecule has 0 heterocycles. The number of phosphoric ester groups is 1. The number of likely N-dealkylation sites (N-methyl/N-ethyl adjacent to an activating group) is 1. The molecular formula is C66H111N2O7P. The number of unbranched alkanes of at least 4 members (excludes halogenated alkanes) is 16. The Hall–Kier alpha value is -3.85. The number of hydrogen-bond acceptors (Lipinski definition) is 7. The van der Waals surface area contributed by atoms with Crippen LogP contribution in [0.3, 0.4) is 0 Å². The third-order valence-corrected chi connectivity index (χ3v) is 13.3. The Morgan fingerprint density at radius 3 is 1.32 bits per heavy atom. The molecule has 0 saturated heterocycles. The van der Waals surface area contributed by atoms with Gasteiger partial charge < -0.3 is 28.5 Å². The van der Waals surface area contributed by atoms with Crippen LogP contribution in [-0.4, -0.2) is 69.4 Å². The Morgan fingerprint density at radius 2 is 0.855 bits per heavy atom. The van der Waals surface area contributed by atoms with E-state index in [0.29, 0.717) is 23.9 Å². The van der Waals surface area contributed by atoms with Crippen molar-refractivity contribution in [3.63, 3.8) is 0 Å². The number of quaternary nitrogens is 1. The van der Waals surface area contributed by atoms with Gasteiger partial charge in [-0.25, -0.2) is 0 Å². The van der Waals surface area contributed by atoms with Crippen LogP contribution in [0.5, 0.6) is 0 Å². The summed E-state index contributed by atoms with van der Waals surface area (Å²) < 4.78 is 30.2. The van der Waals surface area contributed by atoms with Gasteiger partial charge in [0, 0.05) is 12.8 Å². The molecule has 0 aromatic carbocycles. The lowest BCUT2D eigenvalue weighted by molar-refractivity contribution is -0.870. The van der Waals surface area contributed by atoms with E-state index in [-0.39, 0.29) is 25.4 Å². The van der Waals surface area contributed by atoms with Gasteiger partial charge in [-0.2, -0.15) is 0 Å². The first kappa shape index (κ1) is 72.2. The van der Waals surface area contributed by atoms with Crippen molar-refractivity contribution in [3.05, 3.63) is 134 Å². The number of amides is 1. The first-order valence-electron chi connectivity index (χ1n) is 30.0. The summed E-state index contributed by atoms with van der Waals surface area (Å²) in [5, 5.41) is 2.96. The molecule has 76 heavy (non-hydrogen) atoms. The summed E-state index contributed by atoms with van der Waals surface area (Å²) in [7, 11) is 1.10. The van der Waals surface area contributed by atoms with E-state index in [1.54, 1.807) is 6.08 Å². The summed E-state index contributed by atoms with van der Waals surface area (Å²) >= 11 is 0. The number of nitrogens with one attached hydrogen (secondary N) is 1. The minimum atomic E-state index is -4.73. The molecule has 10 heteroatoms. The van der Waals surface area contributed by atoms with E-state index in [2.05, 4.69) is 135 Å². The second-order valence-corrected chi connectivity index (χ2v) is 22.2. The van der Waals surface area contributed by atoms with Crippen LogP contribution in [0.25, 0.3) is 0 Å². The van der Waals surface area contributed by atoms with E-state index >= 15 is 0 Å². The molecule has 9 nitrogen and oxygen atoms in total. The zero-order valence-corrected chi connectivity index (χ0v) is 50.0. The van der Waals surface area contributed by atoms with Gasteiger partial charge in [0.25, 0.3) is 7.82 Å². The van der Waals surface area contributed by atoms with Gasteiger partial charge in [-0.3, -0.25) is 14.2 Å². The molecule has 0 aliphatic rings. The number of ether oxygens (including phenoxy) is 1. The molecule has 1 amide bonds. The van der Waals surface area contributed by atoms with Crippen LogP contribution >= 0.6 is 7.82 Å². The first-order valence-corrected chi connectivity index (χ1v) is 31.5. The lowest BCUT2D eigenvalue weighted by Crippen LogP contribution is -2.47. The van der Waals surface area contributed by atoms with Gasteiger partial charge in [-0.05, 0) is 115 Å². The van der Waals surface area contributed by atoms with Gasteiger partial charge in [0.2, 0.25) is 5.91 Å². The predicted molar refractivity (Wildman–Crippen MR) is 325 cm³/mol. The van der Waals surface area contributed by atoms with Crippen molar-refractivity contribution in [1.29, 1.82) is 0 Å². The third-order valence-electron chi connectivity index (χ3n) is 12.3. The number of esters is 1. The molecule has 0 aliphatic carbocycles. The molecule has 3 unspecified atom stereocenters. The maximum absolute atomic E-state index is 13.5. The first-order chi connectivity index (χ1) is 36.9. The fourth-order valence-electron chi connectivity index (χ4n) is 7.70. The normalized spacial score (nSPS) is 14.7. The molecule has 0 spiro atoms. The van der Waals surface area contributed by atoms with Crippen LogP contribution < -0.4 is 10.2 Å². The van der Waals surface area contributed by atoms with Gasteiger partial charge in [0.15, 0.2) is 0 Å². The monoisotopic (exact) mass is 1070 g/mol. The Labute approximate surface area is 466 Å². The van der Waals surface area contributed by atoms with Crippen LogP contribution in [0.4, 0.5) is 0 Å². The van der Waals surface area contributed by atoms with Gasteiger partial charge in [0.1, 0.15) is 19.3 Å². The zero-order valence-electron chi connectivity index (χ0n) is 49.2. The number of carbonyl (C=O) groups excluding carboxylic acids is 2. The summed E-state index contributed by atoms with van der Waals surface area (Å²) in [6.45, 7) is 6.59. The SMILES string of the molecule is CC/C=C\C/C=C\C/C=C\C/C=C\C/C=C\C/C=C\CCC(=O)NC(COP(=O)([O-])OCC[N+](C)(C)C)C(/C=C/CCCCCCCCCCCC)OC(=O)CCCCC/C=C\C/C=C\C/C=C\C/C=C\CCCCC. The zero-order chi connectivity index (χ0) is 55.7. The lowest BCUT2D eigenvalue weighted by Gasteiger charge is -2.30. The van der Waals surface area contributed by atoms with E-state index in [4.69, 9.17) is 13.8 Å². The van der Waals surface area contributed by atoms with Crippen molar-refractivity contribution in [2.45, 2.75) is 232 Å². The molecule has 0 radical (unpaired) electrons. The molecule has 0 bridgehead atoms. The minimum absolute atomic E-state index is 0.0488. The number of allylic oxidation sites excluding steroid dienone is 21. The Bertz CT molecular complexity index is 1760. The summed E-state index contributed by atoms with van der Waals surface area (Å²) in [6, 6.07) is -0.951. The second-order valence-electron chi connectivity index (χ2n) is 20.8. The average molecular weight is 1080 g/mol. The van der Waals surface area contributed by atoms with Gasteiger partial charge in [-0.15, -0.1) is 0 Å². The molecule has 432 valence electrons. The second kappa shape index (κ2) is 54.5. The largest absolute Gasteiger partial charge is 0.756 e. The standard InChI is InChI=1S/C66H111N2O7P/c1-7-10-13-16-19-22-25-28-30-32-34-36-38-40-43-46-49-52-55-58-65(69)67-63(62-74-76(71,72)73-61-60-68(4,5)6)64(57-54-51-48-45-42-27-24-21-18-15-12-9-3)75-66(70)59-56-53-50-47-44-41-39-37-35-33-31-29-26-23-20-17-14-11-8-2/h10,13,19-20,22-23,28-31,34-37,40-41,43-44,49,52,54,57,63-64H,7-9,11-12,14-18,21,24-27,32-33,38-39,42,45-48,50-51,53,55-56,58-62H2,1-6H3,(H-,67,69,71,72)/b13-10-,22-19-,23-20-,30-28-,31-29-,36-34-,37-35-,43-40-,44-41-,52-49-,57-54+. The minimum Gasteiger partial charge on any atom is -0.756 e. The van der Waals surface area contributed by atoms with Crippen molar-refractivity contribution in [3.8, 4) is 0 Å². The summed E-state index contributed by atoms with van der Waals surface area (Å²) in [6.07, 6.45) is 77.2. The number of carbonyl (C=O) groups is 2. The maximum Gasteiger partial charge on any atom is 0.306 e. The quantitative estimate of drug-likeness (QED) is 0.0212. The highest BCUT2D eigenvalue weighted by Crippen LogP contribution is 2.38. The van der Waals surface area contributed by atoms with E-state index < -0.39 is 32.5 Å². The van der Waals surface area contributed by atoms with Crippen molar-refractivity contribution < 1.29 is 37.3 Å². The Morgan fingerprint density at radius 1 is 0.474 bits per heavy atom. The highest BCUT2D eigenvalue weighted by Gasteiger charge is 2.27. The van der Waals surface area contributed by atoms with Crippen LogP contribution in [0, 0.1) is 0 Å².